The number of hydrogen-bond donors (Lipinski definition) is 0. The highest BCUT2D eigenvalue weighted by Gasteiger charge is 2.21. The molecule has 0 atom stereocenters. The van der Waals surface area contributed by atoms with Crippen LogP contribution in [0.5, 0.6) is 5.75 Å². The first-order valence-corrected chi connectivity index (χ1v) is 13.2. The zero-order valence-electron chi connectivity index (χ0n) is 21.0. The van der Waals surface area contributed by atoms with Gasteiger partial charge in [0.05, 0.1) is 19.8 Å². The summed E-state index contributed by atoms with van der Waals surface area (Å²) in [5.41, 5.74) is 2.45. The first-order chi connectivity index (χ1) is 17.8. The molecule has 1 amide bonds. The number of piperidine rings is 1. The van der Waals surface area contributed by atoms with Crippen molar-refractivity contribution < 1.29 is 14.3 Å². The van der Waals surface area contributed by atoms with Crippen molar-refractivity contribution in [3.05, 3.63) is 83.9 Å². The zero-order chi connectivity index (χ0) is 24.6. The second-order valence-electron chi connectivity index (χ2n) is 9.70. The molecule has 5 nitrogen and oxygen atoms in total. The van der Waals surface area contributed by atoms with Crippen LogP contribution in [0.2, 0.25) is 0 Å². The molecule has 0 aromatic heterocycles. The summed E-state index contributed by atoms with van der Waals surface area (Å²) in [7, 11) is 0. The van der Waals surface area contributed by atoms with Crippen LogP contribution in [0.25, 0.3) is 16.8 Å². The summed E-state index contributed by atoms with van der Waals surface area (Å²) < 4.78 is 11.5. The van der Waals surface area contributed by atoms with Gasteiger partial charge in [-0.2, -0.15) is 0 Å². The molecule has 2 aliphatic rings. The number of carbonyl (C=O) groups excluding carboxylic acids is 1. The number of ether oxygens (including phenoxy) is 2. The predicted molar refractivity (Wildman–Crippen MR) is 145 cm³/mol. The Labute approximate surface area is 214 Å². The number of fused-ring (bicyclic) bond motifs is 1. The molecule has 2 fully saturated rings. The Balaban J connectivity index is 1.07. The average Bonchev–Trinajstić information content (AvgIpc) is 2.95. The number of likely N-dealkylation sites (tertiary alicyclic amines) is 1. The molecule has 0 aliphatic carbocycles. The molecule has 36 heavy (non-hydrogen) atoms. The first-order valence-electron chi connectivity index (χ1n) is 13.2. The molecule has 5 rings (SSSR count). The van der Waals surface area contributed by atoms with Gasteiger partial charge >= 0.3 is 0 Å². The minimum Gasteiger partial charge on any atom is -0.493 e. The second kappa shape index (κ2) is 12.2. The number of carbonyl (C=O) groups is 1. The van der Waals surface area contributed by atoms with Gasteiger partial charge in [0.2, 0.25) is 5.91 Å². The van der Waals surface area contributed by atoms with E-state index in [1.165, 1.54) is 29.2 Å². The lowest BCUT2D eigenvalue weighted by atomic mass is 9.86. The lowest BCUT2D eigenvalue weighted by Crippen LogP contribution is -2.39. The molecule has 3 aromatic rings. The van der Waals surface area contributed by atoms with Crippen LogP contribution in [0.4, 0.5) is 0 Å². The maximum Gasteiger partial charge on any atom is 0.246 e. The molecule has 2 heterocycles. The van der Waals surface area contributed by atoms with Crippen molar-refractivity contribution in [3.63, 3.8) is 0 Å². The van der Waals surface area contributed by atoms with Gasteiger partial charge in [-0.15, -0.1) is 0 Å². The highest BCUT2D eigenvalue weighted by molar-refractivity contribution is 5.92. The predicted octanol–water partition coefficient (Wildman–Crippen LogP) is 5.36. The number of nitrogens with zero attached hydrogens (tertiary/aromatic N) is 2. The lowest BCUT2D eigenvalue weighted by molar-refractivity contribution is -0.129. The fourth-order valence-electron chi connectivity index (χ4n) is 5.34. The number of amides is 1. The minimum absolute atomic E-state index is 0.0278. The maximum absolute atomic E-state index is 12.4. The number of rotatable bonds is 8. The van der Waals surface area contributed by atoms with Crippen molar-refractivity contribution in [1.29, 1.82) is 0 Å². The Bertz CT molecular complexity index is 1170. The molecule has 188 valence electrons. The fourth-order valence-corrected chi connectivity index (χ4v) is 5.34. The molecule has 0 radical (unpaired) electrons. The Kier molecular flexibility index (Phi) is 8.32. The molecule has 0 bridgehead atoms. The summed E-state index contributed by atoms with van der Waals surface area (Å²) in [6.07, 6.45) is 6.92. The Morgan fingerprint density at radius 3 is 2.53 bits per heavy atom. The summed E-state index contributed by atoms with van der Waals surface area (Å²) in [5.74, 6) is 1.50. The van der Waals surface area contributed by atoms with Gasteiger partial charge in [0.1, 0.15) is 5.75 Å². The van der Waals surface area contributed by atoms with E-state index in [0.717, 1.165) is 37.4 Å². The van der Waals surface area contributed by atoms with Gasteiger partial charge in [0.15, 0.2) is 0 Å². The molecule has 0 saturated carbocycles. The number of morpholine rings is 1. The fraction of sp³-hybridized carbons (Fsp3) is 0.387. The van der Waals surface area contributed by atoms with Gasteiger partial charge in [-0.1, -0.05) is 60.7 Å². The van der Waals surface area contributed by atoms with Crippen molar-refractivity contribution in [2.75, 3.05) is 52.5 Å². The molecule has 0 unspecified atom stereocenters. The Morgan fingerprint density at radius 1 is 0.917 bits per heavy atom. The monoisotopic (exact) mass is 484 g/mol. The van der Waals surface area contributed by atoms with Crippen LogP contribution in [0, 0.1) is 0 Å². The largest absolute Gasteiger partial charge is 0.493 e. The van der Waals surface area contributed by atoms with E-state index in [1.54, 1.807) is 6.08 Å². The van der Waals surface area contributed by atoms with E-state index in [0.29, 0.717) is 38.8 Å². The first kappa shape index (κ1) is 24.5. The topological polar surface area (TPSA) is 42.0 Å². The highest BCUT2D eigenvalue weighted by Crippen LogP contribution is 2.33. The van der Waals surface area contributed by atoms with Gasteiger partial charge < -0.3 is 19.3 Å². The van der Waals surface area contributed by atoms with Crippen LogP contribution in [0.15, 0.2) is 72.8 Å². The molecule has 0 spiro atoms. The van der Waals surface area contributed by atoms with Crippen molar-refractivity contribution in [1.82, 2.24) is 9.80 Å². The molecule has 2 saturated heterocycles. The summed E-state index contributed by atoms with van der Waals surface area (Å²) in [4.78, 5) is 16.8. The normalized spacial score (nSPS) is 17.6. The summed E-state index contributed by atoms with van der Waals surface area (Å²) in [5, 5.41) is 2.75. The van der Waals surface area contributed by atoms with E-state index in [-0.39, 0.29) is 5.91 Å². The Hall–Kier alpha value is -3.15. The third-order valence-corrected chi connectivity index (χ3v) is 7.37. The van der Waals surface area contributed by atoms with Crippen LogP contribution >= 0.6 is 0 Å². The minimum atomic E-state index is 0.0278. The number of benzene rings is 3. The molecule has 2 aliphatic heterocycles. The van der Waals surface area contributed by atoms with Crippen molar-refractivity contribution in [3.8, 4) is 5.75 Å². The molecular weight excluding hydrogens is 448 g/mol. The van der Waals surface area contributed by atoms with Gasteiger partial charge in [-0.05, 0) is 66.7 Å². The average molecular weight is 485 g/mol. The summed E-state index contributed by atoms with van der Waals surface area (Å²) in [6, 6.07) is 23.4. The van der Waals surface area contributed by atoms with Gasteiger partial charge in [0, 0.05) is 31.3 Å². The van der Waals surface area contributed by atoms with Crippen LogP contribution in [0.1, 0.15) is 36.3 Å². The number of para-hydroxylation sites is 1. The molecule has 3 aromatic carbocycles. The third-order valence-electron chi connectivity index (χ3n) is 7.37. The van der Waals surface area contributed by atoms with Crippen LogP contribution in [-0.2, 0) is 9.53 Å². The van der Waals surface area contributed by atoms with Crippen LogP contribution in [-0.4, -0.2) is 68.3 Å². The Morgan fingerprint density at radius 2 is 1.67 bits per heavy atom. The number of hydrogen-bond acceptors (Lipinski definition) is 4. The van der Waals surface area contributed by atoms with Crippen LogP contribution in [0.3, 0.4) is 0 Å². The van der Waals surface area contributed by atoms with Crippen molar-refractivity contribution in [2.45, 2.75) is 25.2 Å². The van der Waals surface area contributed by atoms with Gasteiger partial charge in [0.25, 0.3) is 0 Å². The van der Waals surface area contributed by atoms with E-state index in [2.05, 4.69) is 47.4 Å². The quantitative estimate of drug-likeness (QED) is 0.319. The maximum atomic E-state index is 12.4. The van der Waals surface area contributed by atoms with E-state index < -0.39 is 0 Å². The van der Waals surface area contributed by atoms with Crippen LogP contribution < -0.4 is 4.74 Å². The standard InChI is InChI=1S/C31H36N2O3/c34-31(33-20-23-35-24-21-33)14-13-27-8-2-4-12-30(27)36-22-6-17-32-18-15-26(16-19-32)29-11-5-9-25-7-1-3-10-28(25)29/h1-5,7-14,26H,6,15-24H2. The molecular formula is C31H36N2O3. The van der Waals surface area contributed by atoms with E-state index >= 15 is 0 Å². The summed E-state index contributed by atoms with van der Waals surface area (Å²) >= 11 is 0. The smallest absolute Gasteiger partial charge is 0.246 e. The van der Waals surface area contributed by atoms with Gasteiger partial charge in [-0.3, -0.25) is 4.79 Å². The third kappa shape index (κ3) is 6.15. The second-order valence-corrected chi connectivity index (χ2v) is 9.70. The van der Waals surface area contributed by atoms with Gasteiger partial charge in [-0.25, -0.2) is 0 Å². The summed E-state index contributed by atoms with van der Waals surface area (Å²) in [6.45, 7) is 6.52. The van der Waals surface area contributed by atoms with Crippen molar-refractivity contribution >= 4 is 22.8 Å². The van der Waals surface area contributed by atoms with E-state index in [4.69, 9.17) is 9.47 Å². The highest BCUT2D eigenvalue weighted by atomic mass is 16.5. The van der Waals surface area contributed by atoms with E-state index in [9.17, 15) is 4.79 Å². The molecule has 0 N–H and O–H groups in total. The molecule has 5 heteroatoms. The van der Waals surface area contributed by atoms with Crippen molar-refractivity contribution in [2.24, 2.45) is 0 Å². The SMILES string of the molecule is O=C(C=Cc1ccccc1OCCCN1CCC(c2cccc3ccccc23)CC1)N1CCOCC1. The lowest BCUT2D eigenvalue weighted by Gasteiger charge is -2.32. The van der Waals surface area contributed by atoms with E-state index in [1.807, 2.05) is 35.2 Å². The zero-order valence-corrected chi connectivity index (χ0v) is 21.0.